The lowest BCUT2D eigenvalue weighted by molar-refractivity contribution is 0.179. The smallest absolute Gasteiger partial charge is 0.188 e. The number of likely N-dealkylation sites (tertiary alicyclic amines) is 1. The van der Waals surface area contributed by atoms with E-state index < -0.39 is 0 Å². The monoisotopic (exact) mass is 236 g/mol. The summed E-state index contributed by atoms with van der Waals surface area (Å²) in [5.41, 5.74) is 5.85. The van der Waals surface area contributed by atoms with E-state index in [1.165, 1.54) is 51.6 Å². The van der Waals surface area contributed by atoms with Gasteiger partial charge in [0.1, 0.15) is 0 Å². The van der Waals surface area contributed by atoms with Gasteiger partial charge in [-0.15, -0.1) is 0 Å². The van der Waals surface area contributed by atoms with Crippen LogP contribution in [0.1, 0.15) is 38.5 Å². The summed E-state index contributed by atoms with van der Waals surface area (Å²) in [6.07, 6.45) is 7.99. The first-order valence-electron chi connectivity index (χ1n) is 7.12. The Labute approximate surface area is 104 Å². The van der Waals surface area contributed by atoms with Gasteiger partial charge in [-0.2, -0.15) is 0 Å². The molecule has 3 N–H and O–H groups in total. The molecule has 3 aliphatic rings. The first-order valence-corrected chi connectivity index (χ1v) is 7.12. The number of nitrogens with one attached hydrogen (secondary N) is 1. The topological polar surface area (TPSA) is 53.6 Å². The molecule has 0 amide bonds. The average molecular weight is 236 g/mol. The van der Waals surface area contributed by atoms with Crippen molar-refractivity contribution in [3.05, 3.63) is 0 Å². The molecule has 0 spiro atoms. The third-order valence-electron chi connectivity index (χ3n) is 4.16. The Morgan fingerprint density at radius 2 is 1.82 bits per heavy atom. The number of guanidine groups is 1. The first-order chi connectivity index (χ1) is 8.31. The highest BCUT2D eigenvalue weighted by Crippen LogP contribution is 2.30. The van der Waals surface area contributed by atoms with E-state index in [9.17, 15) is 0 Å². The van der Waals surface area contributed by atoms with Gasteiger partial charge in [-0.25, -0.2) is 0 Å². The fraction of sp³-hybridized carbons (Fsp3) is 0.923. The number of nitrogens with zero attached hydrogens (tertiary/aromatic N) is 2. The molecule has 1 heterocycles. The van der Waals surface area contributed by atoms with Crippen LogP contribution < -0.4 is 11.1 Å². The van der Waals surface area contributed by atoms with Crippen LogP contribution in [0.25, 0.3) is 0 Å². The summed E-state index contributed by atoms with van der Waals surface area (Å²) in [7, 11) is 0. The molecule has 4 heteroatoms. The zero-order valence-electron chi connectivity index (χ0n) is 10.6. The van der Waals surface area contributed by atoms with Crippen LogP contribution in [0.15, 0.2) is 4.99 Å². The van der Waals surface area contributed by atoms with E-state index in [1.807, 2.05) is 0 Å². The zero-order chi connectivity index (χ0) is 11.7. The Bertz CT molecular complexity index is 286. The molecule has 0 bridgehead atoms. The van der Waals surface area contributed by atoms with Gasteiger partial charge in [0.25, 0.3) is 0 Å². The summed E-state index contributed by atoms with van der Waals surface area (Å²) in [6.45, 7) is 3.48. The van der Waals surface area contributed by atoms with Crippen LogP contribution in [-0.2, 0) is 0 Å². The van der Waals surface area contributed by atoms with Crippen molar-refractivity contribution in [3.63, 3.8) is 0 Å². The highest BCUT2D eigenvalue weighted by atomic mass is 15.2. The zero-order valence-corrected chi connectivity index (χ0v) is 10.6. The summed E-state index contributed by atoms with van der Waals surface area (Å²) in [6, 6.07) is 1.55. The Morgan fingerprint density at radius 1 is 1.12 bits per heavy atom. The maximum atomic E-state index is 5.85. The van der Waals surface area contributed by atoms with Crippen LogP contribution in [-0.4, -0.2) is 42.6 Å². The van der Waals surface area contributed by atoms with Crippen LogP contribution in [0.2, 0.25) is 0 Å². The van der Waals surface area contributed by atoms with Crippen LogP contribution >= 0.6 is 0 Å². The second-order valence-corrected chi connectivity index (χ2v) is 5.86. The lowest BCUT2D eigenvalue weighted by atomic mass is 9.97. The molecule has 2 aliphatic carbocycles. The largest absolute Gasteiger partial charge is 0.370 e. The molecule has 1 aliphatic heterocycles. The van der Waals surface area contributed by atoms with E-state index in [1.54, 1.807) is 0 Å². The molecule has 0 aromatic heterocycles. The molecule has 0 unspecified atom stereocenters. The number of piperidine rings is 1. The van der Waals surface area contributed by atoms with Gasteiger partial charge in [-0.3, -0.25) is 4.99 Å². The molecule has 0 atom stereocenters. The van der Waals surface area contributed by atoms with Crippen molar-refractivity contribution < 1.29 is 0 Å². The molecule has 0 aromatic rings. The second-order valence-electron chi connectivity index (χ2n) is 5.86. The molecule has 3 rings (SSSR count). The van der Waals surface area contributed by atoms with Crippen molar-refractivity contribution >= 4 is 5.96 Å². The predicted molar refractivity (Wildman–Crippen MR) is 70.0 cm³/mol. The minimum atomic E-state index is 0.621. The van der Waals surface area contributed by atoms with Crippen molar-refractivity contribution in [1.82, 2.24) is 10.2 Å². The van der Waals surface area contributed by atoms with Gasteiger partial charge in [0.2, 0.25) is 0 Å². The fourth-order valence-electron chi connectivity index (χ4n) is 2.65. The summed E-state index contributed by atoms with van der Waals surface area (Å²) in [5, 5.41) is 3.25. The Morgan fingerprint density at radius 3 is 2.41 bits per heavy atom. The van der Waals surface area contributed by atoms with Crippen molar-refractivity contribution in [2.45, 2.75) is 50.6 Å². The van der Waals surface area contributed by atoms with Crippen LogP contribution in [0, 0.1) is 5.92 Å². The average Bonchev–Trinajstić information content (AvgIpc) is 3.20. The maximum Gasteiger partial charge on any atom is 0.188 e. The van der Waals surface area contributed by atoms with E-state index in [0.717, 1.165) is 18.5 Å². The van der Waals surface area contributed by atoms with Crippen LogP contribution in [0.3, 0.4) is 0 Å². The van der Waals surface area contributed by atoms with Gasteiger partial charge in [0, 0.05) is 18.6 Å². The quantitative estimate of drug-likeness (QED) is 0.564. The summed E-state index contributed by atoms with van der Waals surface area (Å²) >= 11 is 0. The maximum absolute atomic E-state index is 5.85. The molecule has 0 aromatic carbocycles. The lowest BCUT2D eigenvalue weighted by Gasteiger charge is -2.31. The summed E-state index contributed by atoms with van der Waals surface area (Å²) in [5.74, 6) is 1.42. The number of hydrogen-bond acceptors (Lipinski definition) is 2. The van der Waals surface area contributed by atoms with E-state index in [4.69, 9.17) is 5.73 Å². The van der Waals surface area contributed by atoms with Gasteiger partial charge in [0.05, 0.1) is 0 Å². The summed E-state index contributed by atoms with van der Waals surface area (Å²) < 4.78 is 0. The molecule has 2 saturated carbocycles. The molecule has 17 heavy (non-hydrogen) atoms. The molecular formula is C13H24N4. The van der Waals surface area contributed by atoms with Gasteiger partial charge < -0.3 is 16.0 Å². The summed E-state index contributed by atoms with van der Waals surface area (Å²) in [4.78, 5) is 7.14. The molecule has 96 valence electrons. The molecule has 4 nitrogen and oxygen atoms in total. The normalized spacial score (nSPS) is 28.4. The van der Waals surface area contributed by atoms with E-state index in [-0.39, 0.29) is 0 Å². The van der Waals surface area contributed by atoms with Gasteiger partial charge in [-0.05, 0) is 57.5 Å². The molecule has 0 radical (unpaired) electrons. The number of rotatable bonds is 4. The van der Waals surface area contributed by atoms with E-state index in [2.05, 4.69) is 15.2 Å². The number of hydrogen-bond donors (Lipinski definition) is 2. The Balaban J connectivity index is 1.37. The first kappa shape index (κ1) is 11.3. The Hall–Kier alpha value is -0.770. The Kier molecular flexibility index (Phi) is 3.23. The standard InChI is InChI=1S/C13H24N4/c14-13(16-11-1-2-11)15-9-10-5-7-17(8-6-10)12-3-4-12/h10-12H,1-9H2,(H3,14,15,16). The fourth-order valence-corrected chi connectivity index (χ4v) is 2.65. The lowest BCUT2D eigenvalue weighted by Crippen LogP contribution is -2.37. The van der Waals surface area contributed by atoms with Gasteiger partial charge in [-0.1, -0.05) is 0 Å². The van der Waals surface area contributed by atoms with Crippen molar-refractivity contribution in [2.24, 2.45) is 16.6 Å². The third-order valence-corrected chi connectivity index (χ3v) is 4.16. The van der Waals surface area contributed by atoms with Crippen molar-refractivity contribution in [1.29, 1.82) is 0 Å². The second kappa shape index (κ2) is 4.84. The highest BCUT2D eigenvalue weighted by Gasteiger charge is 2.31. The number of aliphatic imine (C=N–C) groups is 1. The van der Waals surface area contributed by atoms with Crippen LogP contribution in [0.5, 0.6) is 0 Å². The SMILES string of the molecule is NC(=NCC1CCN(C2CC2)CC1)NC1CC1. The molecule has 3 fully saturated rings. The van der Waals surface area contributed by atoms with Crippen molar-refractivity contribution in [3.8, 4) is 0 Å². The third kappa shape index (κ3) is 3.35. The highest BCUT2D eigenvalue weighted by molar-refractivity contribution is 5.78. The minimum Gasteiger partial charge on any atom is -0.370 e. The number of nitrogens with two attached hydrogens (primary N) is 1. The molecular weight excluding hydrogens is 212 g/mol. The van der Waals surface area contributed by atoms with Crippen LogP contribution in [0.4, 0.5) is 0 Å². The minimum absolute atomic E-state index is 0.621. The van der Waals surface area contributed by atoms with Crippen molar-refractivity contribution in [2.75, 3.05) is 19.6 Å². The van der Waals surface area contributed by atoms with E-state index in [0.29, 0.717) is 12.0 Å². The van der Waals surface area contributed by atoms with E-state index >= 15 is 0 Å². The molecule has 1 saturated heterocycles. The predicted octanol–water partition coefficient (Wildman–Crippen LogP) is 0.927. The van der Waals surface area contributed by atoms with Gasteiger partial charge >= 0.3 is 0 Å². The van der Waals surface area contributed by atoms with Gasteiger partial charge in [0.15, 0.2) is 5.96 Å².